The fourth-order valence-corrected chi connectivity index (χ4v) is 4.19. The summed E-state index contributed by atoms with van der Waals surface area (Å²) in [5, 5.41) is 11.2. The maximum absolute atomic E-state index is 11.8. The maximum Gasteiger partial charge on any atom is 0.230 e. The minimum Gasteiger partial charge on any atom is -0.355 e. The first-order valence-electron chi connectivity index (χ1n) is 10.4. The fraction of sp³-hybridized carbons (Fsp3) is 0.115. The first-order chi connectivity index (χ1) is 15.6. The minimum atomic E-state index is -0.140. The molecule has 5 nitrogen and oxygen atoms in total. The Morgan fingerprint density at radius 3 is 2.72 bits per heavy atom. The van der Waals surface area contributed by atoms with Crippen molar-refractivity contribution < 1.29 is 4.79 Å². The second kappa shape index (κ2) is 8.44. The average Bonchev–Trinajstić information content (AvgIpc) is 3.24. The van der Waals surface area contributed by atoms with E-state index in [9.17, 15) is 4.79 Å². The van der Waals surface area contributed by atoms with Crippen LogP contribution in [0.25, 0.3) is 10.9 Å². The summed E-state index contributed by atoms with van der Waals surface area (Å²) in [4.78, 5) is 16.2. The second-order valence-electron chi connectivity index (χ2n) is 7.89. The van der Waals surface area contributed by atoms with E-state index in [2.05, 4.69) is 52.7 Å². The van der Waals surface area contributed by atoms with Crippen LogP contribution in [-0.4, -0.2) is 22.1 Å². The molecule has 2 heterocycles. The van der Waals surface area contributed by atoms with Gasteiger partial charge in [-0.05, 0) is 54.4 Å². The Morgan fingerprint density at radius 1 is 1.06 bits per heavy atom. The largest absolute Gasteiger partial charge is 0.355 e. The number of nitrogens with zero attached hydrogens (tertiary/aromatic N) is 3. The molecule has 0 spiro atoms. The van der Waals surface area contributed by atoms with Crippen molar-refractivity contribution in [3.8, 4) is 0 Å². The SMILES string of the molecule is Cc1ccc(C2=NN(C=O)C(c3cccc(Nc4ccnc5cc(Cl)ccc45)c3)C2)cc1. The molecular weight excluding hydrogens is 420 g/mol. The Balaban J connectivity index is 1.42. The molecule has 0 fully saturated rings. The number of hydrogen-bond acceptors (Lipinski definition) is 4. The van der Waals surface area contributed by atoms with Gasteiger partial charge in [-0.25, -0.2) is 5.01 Å². The molecule has 1 atom stereocenters. The van der Waals surface area contributed by atoms with Gasteiger partial charge in [0.2, 0.25) is 6.41 Å². The topological polar surface area (TPSA) is 57.6 Å². The molecule has 1 aliphatic heterocycles. The molecule has 1 unspecified atom stereocenters. The van der Waals surface area contributed by atoms with Gasteiger partial charge in [0.1, 0.15) is 0 Å². The molecule has 5 rings (SSSR count). The van der Waals surface area contributed by atoms with Crippen LogP contribution in [0, 0.1) is 6.92 Å². The van der Waals surface area contributed by atoms with Crippen LogP contribution >= 0.6 is 11.6 Å². The summed E-state index contributed by atoms with van der Waals surface area (Å²) in [7, 11) is 0. The number of benzene rings is 3. The first kappa shape index (κ1) is 20.2. The first-order valence-corrected chi connectivity index (χ1v) is 10.8. The van der Waals surface area contributed by atoms with Crippen LogP contribution in [0.15, 0.2) is 84.1 Å². The number of aromatic nitrogens is 1. The smallest absolute Gasteiger partial charge is 0.230 e. The second-order valence-corrected chi connectivity index (χ2v) is 8.32. The third kappa shape index (κ3) is 3.95. The van der Waals surface area contributed by atoms with Crippen LogP contribution in [0.1, 0.15) is 29.2 Å². The Bertz CT molecular complexity index is 1330. The van der Waals surface area contributed by atoms with E-state index in [1.807, 2.05) is 42.5 Å². The number of amides is 1. The molecule has 158 valence electrons. The zero-order valence-electron chi connectivity index (χ0n) is 17.5. The lowest BCUT2D eigenvalue weighted by Gasteiger charge is -2.19. The van der Waals surface area contributed by atoms with Crippen LogP contribution in [0.4, 0.5) is 11.4 Å². The van der Waals surface area contributed by atoms with Gasteiger partial charge < -0.3 is 5.32 Å². The molecule has 0 radical (unpaired) electrons. The quantitative estimate of drug-likeness (QED) is 0.373. The zero-order chi connectivity index (χ0) is 22.1. The number of carbonyl (C=O) groups excluding carboxylic acids is 1. The van der Waals surface area contributed by atoms with Crippen molar-refractivity contribution in [3.05, 3.63) is 101 Å². The van der Waals surface area contributed by atoms with Crippen molar-refractivity contribution in [2.24, 2.45) is 5.10 Å². The van der Waals surface area contributed by atoms with E-state index < -0.39 is 0 Å². The number of hydrazone groups is 1. The predicted molar refractivity (Wildman–Crippen MR) is 129 cm³/mol. The Labute approximate surface area is 191 Å². The van der Waals surface area contributed by atoms with Crippen molar-refractivity contribution >= 4 is 46.0 Å². The number of carbonyl (C=O) groups is 1. The van der Waals surface area contributed by atoms with Crippen LogP contribution in [0.3, 0.4) is 0 Å². The lowest BCUT2D eigenvalue weighted by atomic mass is 9.97. The van der Waals surface area contributed by atoms with Crippen molar-refractivity contribution in [3.63, 3.8) is 0 Å². The van der Waals surface area contributed by atoms with Gasteiger partial charge in [-0.2, -0.15) is 5.10 Å². The van der Waals surface area contributed by atoms with Crippen LogP contribution in [0.5, 0.6) is 0 Å². The average molecular weight is 441 g/mol. The van der Waals surface area contributed by atoms with Gasteiger partial charge in [0.15, 0.2) is 0 Å². The molecule has 0 saturated carbocycles. The summed E-state index contributed by atoms with van der Waals surface area (Å²) in [5.41, 5.74) is 6.88. The molecule has 4 aromatic rings. The van der Waals surface area contributed by atoms with E-state index in [0.29, 0.717) is 11.4 Å². The van der Waals surface area contributed by atoms with E-state index >= 15 is 0 Å². The molecule has 3 aromatic carbocycles. The summed E-state index contributed by atoms with van der Waals surface area (Å²) < 4.78 is 0. The maximum atomic E-state index is 11.8. The highest BCUT2D eigenvalue weighted by atomic mass is 35.5. The highest BCUT2D eigenvalue weighted by Crippen LogP contribution is 2.34. The number of halogens is 1. The van der Waals surface area contributed by atoms with E-state index in [1.165, 1.54) is 10.6 Å². The number of pyridine rings is 1. The number of hydrogen-bond donors (Lipinski definition) is 1. The number of fused-ring (bicyclic) bond motifs is 1. The predicted octanol–water partition coefficient (Wildman–Crippen LogP) is 6.25. The molecule has 0 saturated heterocycles. The van der Waals surface area contributed by atoms with Crippen molar-refractivity contribution in [1.82, 2.24) is 9.99 Å². The van der Waals surface area contributed by atoms with Gasteiger partial charge in [-0.15, -0.1) is 0 Å². The van der Waals surface area contributed by atoms with Gasteiger partial charge in [0.25, 0.3) is 0 Å². The fourth-order valence-electron chi connectivity index (χ4n) is 4.03. The van der Waals surface area contributed by atoms with Gasteiger partial charge in [0.05, 0.1) is 17.3 Å². The molecule has 0 bridgehead atoms. The summed E-state index contributed by atoms with van der Waals surface area (Å²) in [5.74, 6) is 0. The Kier molecular flexibility index (Phi) is 5.33. The summed E-state index contributed by atoms with van der Waals surface area (Å²) >= 11 is 6.11. The van der Waals surface area contributed by atoms with Gasteiger partial charge in [0, 0.05) is 34.4 Å². The Hall–Kier alpha value is -3.70. The zero-order valence-corrected chi connectivity index (χ0v) is 18.3. The van der Waals surface area contributed by atoms with E-state index in [-0.39, 0.29) is 6.04 Å². The number of anilines is 2. The monoisotopic (exact) mass is 440 g/mol. The third-order valence-electron chi connectivity index (χ3n) is 5.69. The number of rotatable bonds is 5. The number of aryl methyl sites for hydroxylation is 1. The van der Waals surface area contributed by atoms with E-state index in [4.69, 9.17) is 11.6 Å². The molecular formula is C26H21ClN4O. The molecule has 1 amide bonds. The van der Waals surface area contributed by atoms with Gasteiger partial charge in [-0.1, -0.05) is 53.6 Å². The summed E-state index contributed by atoms with van der Waals surface area (Å²) in [6.07, 6.45) is 3.23. The minimum absolute atomic E-state index is 0.140. The van der Waals surface area contributed by atoms with E-state index in [0.717, 1.165) is 45.5 Å². The standard InChI is InChI=1S/C26H21ClN4O/c1-17-5-7-18(8-6-17)24-15-26(31(16-32)30-24)19-3-2-4-21(13-19)29-23-11-12-28-25-14-20(27)9-10-22(23)25/h2-14,16,26H,15H2,1H3,(H,28,29). The highest BCUT2D eigenvalue weighted by Gasteiger charge is 2.28. The van der Waals surface area contributed by atoms with Crippen molar-refractivity contribution in [1.29, 1.82) is 0 Å². The Morgan fingerprint density at radius 2 is 1.91 bits per heavy atom. The lowest BCUT2D eigenvalue weighted by Crippen LogP contribution is -2.17. The molecule has 6 heteroatoms. The normalized spacial score (nSPS) is 15.6. The lowest BCUT2D eigenvalue weighted by molar-refractivity contribution is -0.119. The van der Waals surface area contributed by atoms with Crippen molar-refractivity contribution in [2.75, 3.05) is 5.32 Å². The van der Waals surface area contributed by atoms with Crippen LogP contribution < -0.4 is 5.32 Å². The summed E-state index contributed by atoms with van der Waals surface area (Å²) in [6, 6.07) is 23.8. The van der Waals surface area contributed by atoms with Crippen molar-refractivity contribution in [2.45, 2.75) is 19.4 Å². The molecule has 32 heavy (non-hydrogen) atoms. The summed E-state index contributed by atoms with van der Waals surface area (Å²) in [6.45, 7) is 2.06. The highest BCUT2D eigenvalue weighted by molar-refractivity contribution is 6.31. The van der Waals surface area contributed by atoms with Crippen LogP contribution in [0.2, 0.25) is 5.02 Å². The molecule has 1 aliphatic rings. The van der Waals surface area contributed by atoms with Gasteiger partial charge in [-0.3, -0.25) is 9.78 Å². The molecule has 0 aliphatic carbocycles. The number of nitrogens with one attached hydrogen (secondary N) is 1. The molecule has 1 aromatic heterocycles. The third-order valence-corrected chi connectivity index (χ3v) is 5.93. The molecule has 1 N–H and O–H groups in total. The van der Waals surface area contributed by atoms with Crippen LogP contribution in [-0.2, 0) is 4.79 Å². The van der Waals surface area contributed by atoms with Gasteiger partial charge >= 0.3 is 0 Å². The van der Waals surface area contributed by atoms with E-state index in [1.54, 1.807) is 6.20 Å².